The first kappa shape index (κ1) is 6.12. The summed E-state index contributed by atoms with van der Waals surface area (Å²) in [6, 6.07) is 0. The van der Waals surface area contributed by atoms with E-state index in [4.69, 9.17) is 0 Å². The smallest absolute Gasteiger partial charge is 0.271 e. The first-order chi connectivity index (χ1) is 4.22. The predicted octanol–water partition coefficient (Wildman–Crippen LogP) is -0.00471. The molecular formula is C4HF2N2O. The summed E-state index contributed by atoms with van der Waals surface area (Å²) in [5, 5.41) is 0. The summed E-state index contributed by atoms with van der Waals surface area (Å²) in [7, 11) is 0. The van der Waals surface area contributed by atoms with Crippen LogP contribution in [0.15, 0.2) is 4.99 Å². The normalized spacial score (nSPS) is 18.1. The van der Waals surface area contributed by atoms with Crippen LogP contribution in [0.1, 0.15) is 0 Å². The fraction of sp³-hybridized carbons (Fsp3) is 0.250. The van der Waals surface area contributed by atoms with Crippen LogP contribution < -0.4 is 0 Å². The van der Waals surface area contributed by atoms with Crippen molar-refractivity contribution < 1.29 is 13.6 Å². The summed E-state index contributed by atoms with van der Waals surface area (Å²) in [5.41, 5.74) is 0. The van der Waals surface area contributed by atoms with Crippen LogP contribution in [-0.2, 0) is 4.79 Å². The lowest BCUT2D eigenvalue weighted by Crippen LogP contribution is -2.29. The first-order valence-electron chi connectivity index (χ1n) is 2.04. The molecule has 3 radical (unpaired) electrons. The average molecular weight is 131 g/mol. The van der Waals surface area contributed by atoms with Crippen molar-refractivity contribution >= 4 is 12.2 Å². The van der Waals surface area contributed by atoms with Gasteiger partial charge in [-0.2, -0.15) is 8.78 Å². The molecule has 0 saturated heterocycles. The molecule has 0 aliphatic carbocycles. The molecule has 3 nitrogen and oxygen atoms in total. The van der Waals surface area contributed by atoms with Gasteiger partial charge < -0.3 is 0 Å². The van der Waals surface area contributed by atoms with E-state index in [1.807, 2.05) is 0 Å². The van der Waals surface area contributed by atoms with Crippen LogP contribution in [-0.4, -0.2) is 23.7 Å². The zero-order valence-corrected chi connectivity index (χ0v) is 4.14. The van der Waals surface area contributed by atoms with Crippen LogP contribution in [0.4, 0.5) is 8.78 Å². The van der Waals surface area contributed by atoms with Gasteiger partial charge >= 0.3 is 6.55 Å². The molecular weight excluding hydrogens is 130 g/mol. The minimum Gasteiger partial charge on any atom is -0.271 e. The van der Waals surface area contributed by atoms with Crippen molar-refractivity contribution in [2.24, 2.45) is 4.99 Å². The van der Waals surface area contributed by atoms with Crippen LogP contribution in [0.3, 0.4) is 0 Å². The van der Waals surface area contributed by atoms with Gasteiger partial charge in [-0.1, -0.05) is 0 Å². The SMILES string of the molecule is O=C1[C]N=[C]N1C(F)F. The summed E-state index contributed by atoms with van der Waals surface area (Å²) in [6.45, 7) is -1.09. The molecule has 0 aromatic rings. The lowest BCUT2D eigenvalue weighted by molar-refractivity contribution is -0.131. The van der Waals surface area contributed by atoms with E-state index in [1.165, 1.54) is 0 Å². The highest BCUT2D eigenvalue weighted by Gasteiger charge is 2.26. The molecule has 0 bridgehead atoms. The molecule has 0 saturated carbocycles. The minimum atomic E-state index is -2.86. The Hall–Kier alpha value is -1.00. The largest absolute Gasteiger partial charge is 0.322 e. The molecule has 0 fully saturated rings. The molecule has 5 heteroatoms. The van der Waals surface area contributed by atoms with Crippen molar-refractivity contribution in [1.29, 1.82) is 0 Å². The number of hydrogen-bond donors (Lipinski definition) is 0. The maximum atomic E-state index is 11.5. The van der Waals surface area contributed by atoms with E-state index in [0.717, 1.165) is 0 Å². The number of halogens is 2. The molecule has 1 heterocycles. The Balaban J connectivity index is 2.59. The fourth-order valence-corrected chi connectivity index (χ4v) is 0.358. The quantitative estimate of drug-likeness (QED) is 0.461. The Kier molecular flexibility index (Phi) is 1.42. The highest BCUT2D eigenvalue weighted by Crippen LogP contribution is 2.07. The zero-order chi connectivity index (χ0) is 6.85. The molecule has 1 amide bonds. The Morgan fingerprint density at radius 1 is 1.67 bits per heavy atom. The van der Waals surface area contributed by atoms with Crippen LogP contribution >= 0.6 is 0 Å². The van der Waals surface area contributed by atoms with E-state index >= 15 is 0 Å². The van der Waals surface area contributed by atoms with Crippen molar-refractivity contribution in [3.05, 3.63) is 6.54 Å². The second-order valence-electron chi connectivity index (χ2n) is 1.28. The Bertz CT molecular complexity index is 157. The van der Waals surface area contributed by atoms with Crippen molar-refractivity contribution in [1.82, 2.24) is 4.90 Å². The number of aliphatic imine (C=N–C) groups is 1. The average Bonchev–Trinajstić information content (AvgIpc) is 2.13. The molecule has 0 N–H and O–H groups in total. The van der Waals surface area contributed by atoms with Crippen molar-refractivity contribution in [3.63, 3.8) is 0 Å². The number of hydrogen-bond acceptors (Lipinski definition) is 2. The highest BCUT2D eigenvalue weighted by molar-refractivity contribution is 5.98. The van der Waals surface area contributed by atoms with Gasteiger partial charge in [-0.3, -0.25) is 4.79 Å². The molecule has 0 unspecified atom stereocenters. The van der Waals surface area contributed by atoms with E-state index < -0.39 is 12.5 Å². The first-order valence-corrected chi connectivity index (χ1v) is 2.04. The lowest BCUT2D eigenvalue weighted by atomic mass is 10.6. The summed E-state index contributed by atoms with van der Waals surface area (Å²) in [5.74, 6) is -0.954. The van der Waals surface area contributed by atoms with E-state index in [9.17, 15) is 13.6 Å². The standard InChI is InChI=1S/C4HF2N2O/c5-4(6)8-2-7-1-3(8)9/h4H. The summed E-state index contributed by atoms with van der Waals surface area (Å²) < 4.78 is 23.1. The Labute approximate surface area is 50.0 Å². The third kappa shape index (κ3) is 1.04. The van der Waals surface area contributed by atoms with E-state index in [0.29, 0.717) is 0 Å². The number of alkyl halides is 2. The third-order valence-electron chi connectivity index (χ3n) is 0.723. The van der Waals surface area contributed by atoms with Crippen LogP contribution in [0.2, 0.25) is 0 Å². The van der Waals surface area contributed by atoms with Gasteiger partial charge in [0.25, 0.3) is 5.91 Å². The number of nitrogens with zero attached hydrogens (tertiary/aromatic N) is 2. The second kappa shape index (κ2) is 2.08. The lowest BCUT2D eigenvalue weighted by Gasteiger charge is -2.06. The maximum Gasteiger partial charge on any atom is 0.322 e. The number of amides is 1. The summed E-state index contributed by atoms with van der Waals surface area (Å²) in [6.07, 6.45) is 1.75. The fourth-order valence-electron chi connectivity index (χ4n) is 0.358. The van der Waals surface area contributed by atoms with Crippen molar-refractivity contribution in [2.45, 2.75) is 6.55 Å². The Morgan fingerprint density at radius 2 is 2.33 bits per heavy atom. The highest BCUT2D eigenvalue weighted by atomic mass is 19.3. The topological polar surface area (TPSA) is 32.7 Å². The summed E-state index contributed by atoms with van der Waals surface area (Å²) in [4.78, 5) is 13.2. The third-order valence-corrected chi connectivity index (χ3v) is 0.723. The maximum absolute atomic E-state index is 11.5. The molecule has 1 rings (SSSR count). The van der Waals surface area contributed by atoms with Crippen LogP contribution in [0, 0.1) is 6.54 Å². The number of carbonyl (C=O) groups excluding carboxylic acids is 1. The van der Waals surface area contributed by atoms with E-state index in [-0.39, 0.29) is 4.90 Å². The van der Waals surface area contributed by atoms with Gasteiger partial charge in [0.05, 0.1) is 0 Å². The molecule has 0 aromatic carbocycles. The van der Waals surface area contributed by atoms with Gasteiger partial charge in [0.1, 0.15) is 0 Å². The zero-order valence-electron chi connectivity index (χ0n) is 4.14. The van der Waals surface area contributed by atoms with Crippen molar-refractivity contribution in [2.75, 3.05) is 0 Å². The van der Waals surface area contributed by atoms with Gasteiger partial charge in [-0.15, -0.1) is 0 Å². The van der Waals surface area contributed by atoms with Crippen molar-refractivity contribution in [3.8, 4) is 0 Å². The Morgan fingerprint density at radius 3 is 2.56 bits per heavy atom. The molecule has 1 aliphatic heterocycles. The van der Waals surface area contributed by atoms with Gasteiger partial charge in [-0.25, -0.2) is 9.89 Å². The molecule has 9 heavy (non-hydrogen) atoms. The minimum absolute atomic E-state index is 0.0694. The van der Waals surface area contributed by atoms with E-state index in [1.54, 1.807) is 12.9 Å². The molecule has 0 spiro atoms. The van der Waals surface area contributed by atoms with Gasteiger partial charge in [-0.05, 0) is 0 Å². The van der Waals surface area contributed by atoms with Gasteiger partial charge in [0.15, 0.2) is 6.34 Å². The van der Waals surface area contributed by atoms with Crippen LogP contribution in [0.25, 0.3) is 0 Å². The second-order valence-corrected chi connectivity index (χ2v) is 1.28. The number of rotatable bonds is 1. The van der Waals surface area contributed by atoms with E-state index in [2.05, 4.69) is 4.99 Å². The predicted molar refractivity (Wildman–Crippen MR) is 23.5 cm³/mol. The monoisotopic (exact) mass is 131 g/mol. The van der Waals surface area contributed by atoms with Crippen LogP contribution in [0.5, 0.6) is 0 Å². The molecule has 0 atom stereocenters. The molecule has 0 aromatic heterocycles. The number of carbonyl (C=O) groups is 1. The molecule has 47 valence electrons. The van der Waals surface area contributed by atoms with Gasteiger partial charge in [0.2, 0.25) is 6.54 Å². The van der Waals surface area contributed by atoms with Gasteiger partial charge in [0, 0.05) is 0 Å². The summed E-state index contributed by atoms with van der Waals surface area (Å²) >= 11 is 0. The molecule has 1 aliphatic rings.